The average Bonchev–Trinajstić information content (AvgIpc) is 3.43. The molecule has 24 heavy (non-hydrogen) atoms. The van der Waals surface area contributed by atoms with Crippen LogP contribution in [0.5, 0.6) is 5.88 Å². The lowest BCUT2D eigenvalue weighted by atomic mass is 10.2. The number of aromatic nitrogens is 3. The smallest absolute Gasteiger partial charge is 0.213 e. The average molecular weight is 341 g/mol. The Balaban J connectivity index is 1.42. The predicted molar refractivity (Wildman–Crippen MR) is 94.3 cm³/mol. The monoisotopic (exact) mass is 340 g/mol. The number of hydrogen-bond donors (Lipinski definition) is 1. The van der Waals surface area contributed by atoms with Crippen LogP contribution in [-0.2, 0) is 6.54 Å². The molecule has 0 spiro atoms. The number of hydrogen-bond acceptors (Lipinski definition) is 5. The molecule has 0 saturated heterocycles. The van der Waals surface area contributed by atoms with Gasteiger partial charge < -0.3 is 10.1 Å². The molecule has 0 atom stereocenters. The van der Waals surface area contributed by atoms with Crippen molar-refractivity contribution in [1.29, 1.82) is 0 Å². The van der Waals surface area contributed by atoms with Crippen molar-refractivity contribution in [2.45, 2.75) is 19.4 Å². The summed E-state index contributed by atoms with van der Waals surface area (Å²) >= 11 is 6.01. The minimum absolute atomic E-state index is 0.630. The highest BCUT2D eigenvalue weighted by Gasteiger charge is 2.22. The van der Waals surface area contributed by atoms with E-state index in [-0.39, 0.29) is 0 Å². The number of ether oxygens (including phenoxy) is 1. The third kappa shape index (κ3) is 3.57. The normalized spacial score (nSPS) is 13.9. The highest BCUT2D eigenvalue weighted by Crippen LogP contribution is 2.29. The molecular formula is C18H17ClN4O. The molecular weight excluding hydrogens is 324 g/mol. The molecule has 1 aromatic carbocycles. The van der Waals surface area contributed by atoms with E-state index in [4.69, 9.17) is 16.3 Å². The summed E-state index contributed by atoms with van der Waals surface area (Å²) in [5, 5.41) is 4.94. The van der Waals surface area contributed by atoms with E-state index in [1.807, 2.05) is 36.5 Å². The van der Waals surface area contributed by atoms with E-state index in [2.05, 4.69) is 20.3 Å². The first-order chi connectivity index (χ1) is 11.8. The first-order valence-corrected chi connectivity index (χ1v) is 8.37. The van der Waals surface area contributed by atoms with Gasteiger partial charge in [-0.1, -0.05) is 17.7 Å². The van der Waals surface area contributed by atoms with Crippen LogP contribution in [0.2, 0.25) is 5.02 Å². The van der Waals surface area contributed by atoms with Crippen molar-refractivity contribution in [1.82, 2.24) is 15.0 Å². The number of nitrogens with zero attached hydrogens (tertiary/aromatic N) is 3. The van der Waals surface area contributed by atoms with Gasteiger partial charge in [0.2, 0.25) is 5.88 Å². The number of halogens is 1. The summed E-state index contributed by atoms with van der Waals surface area (Å²) in [7, 11) is 0. The molecule has 5 nitrogen and oxygen atoms in total. The molecule has 6 heteroatoms. The molecule has 2 heterocycles. The molecule has 0 bridgehead atoms. The van der Waals surface area contributed by atoms with E-state index >= 15 is 0 Å². The van der Waals surface area contributed by atoms with Gasteiger partial charge in [-0.25, -0.2) is 15.0 Å². The molecule has 1 aliphatic rings. The van der Waals surface area contributed by atoms with Gasteiger partial charge in [0, 0.05) is 29.2 Å². The molecule has 1 fully saturated rings. The SMILES string of the molecule is Clc1ccc2c(NCc3ccc(OCC4CC4)nc3)ncnc2c1. The fourth-order valence-electron chi connectivity index (χ4n) is 2.45. The molecule has 0 amide bonds. The van der Waals surface area contributed by atoms with Gasteiger partial charge in [-0.3, -0.25) is 0 Å². The maximum Gasteiger partial charge on any atom is 0.213 e. The fraction of sp³-hybridized carbons (Fsp3) is 0.278. The Morgan fingerprint density at radius 1 is 1.12 bits per heavy atom. The summed E-state index contributed by atoms with van der Waals surface area (Å²) < 4.78 is 5.65. The van der Waals surface area contributed by atoms with E-state index in [0.29, 0.717) is 17.4 Å². The van der Waals surface area contributed by atoms with Crippen LogP contribution < -0.4 is 10.1 Å². The first-order valence-electron chi connectivity index (χ1n) is 8.00. The van der Waals surface area contributed by atoms with Gasteiger partial charge >= 0.3 is 0 Å². The van der Waals surface area contributed by atoms with Gasteiger partial charge in [-0.2, -0.15) is 0 Å². The minimum atomic E-state index is 0.630. The lowest BCUT2D eigenvalue weighted by Crippen LogP contribution is -2.04. The van der Waals surface area contributed by atoms with Gasteiger partial charge in [-0.15, -0.1) is 0 Å². The maximum atomic E-state index is 6.01. The summed E-state index contributed by atoms with van der Waals surface area (Å²) in [5.41, 5.74) is 1.89. The second-order valence-corrected chi connectivity index (χ2v) is 6.43. The Kier molecular flexibility index (Phi) is 4.17. The Labute approximate surface area is 145 Å². The molecule has 0 unspecified atom stereocenters. The van der Waals surface area contributed by atoms with Gasteiger partial charge in [0.05, 0.1) is 12.1 Å². The molecule has 3 aromatic rings. The summed E-state index contributed by atoms with van der Waals surface area (Å²) in [6.45, 7) is 1.41. The van der Waals surface area contributed by atoms with Crippen molar-refractivity contribution in [3.05, 3.63) is 53.4 Å². The third-order valence-corrected chi connectivity index (χ3v) is 4.26. The lowest BCUT2D eigenvalue weighted by molar-refractivity contribution is 0.288. The number of anilines is 1. The van der Waals surface area contributed by atoms with Crippen molar-refractivity contribution in [3.63, 3.8) is 0 Å². The number of rotatable bonds is 6. The zero-order valence-electron chi connectivity index (χ0n) is 13.1. The van der Waals surface area contributed by atoms with Crippen LogP contribution in [-0.4, -0.2) is 21.6 Å². The zero-order chi connectivity index (χ0) is 16.4. The highest BCUT2D eigenvalue weighted by atomic mass is 35.5. The number of fused-ring (bicyclic) bond motifs is 1. The van der Waals surface area contributed by atoms with Gasteiger partial charge in [0.15, 0.2) is 0 Å². The number of nitrogens with one attached hydrogen (secondary N) is 1. The quantitative estimate of drug-likeness (QED) is 0.732. The van der Waals surface area contributed by atoms with Crippen LogP contribution >= 0.6 is 11.6 Å². The zero-order valence-corrected chi connectivity index (χ0v) is 13.8. The van der Waals surface area contributed by atoms with Crippen LogP contribution in [0.15, 0.2) is 42.9 Å². The van der Waals surface area contributed by atoms with Crippen molar-refractivity contribution in [2.75, 3.05) is 11.9 Å². The molecule has 1 aliphatic carbocycles. The van der Waals surface area contributed by atoms with Crippen LogP contribution in [0, 0.1) is 5.92 Å². The van der Waals surface area contributed by atoms with E-state index < -0.39 is 0 Å². The standard InChI is InChI=1S/C18H17ClN4O/c19-14-4-5-15-16(7-14)22-11-23-18(15)21-9-13-3-6-17(20-8-13)24-10-12-1-2-12/h3-8,11-12H,1-2,9-10H2,(H,21,22,23). The molecule has 1 N–H and O–H groups in total. The Morgan fingerprint density at radius 3 is 2.83 bits per heavy atom. The number of benzene rings is 1. The van der Waals surface area contributed by atoms with Crippen LogP contribution in [0.3, 0.4) is 0 Å². The van der Waals surface area contributed by atoms with E-state index in [1.54, 1.807) is 0 Å². The van der Waals surface area contributed by atoms with Crippen molar-refractivity contribution < 1.29 is 4.74 Å². The largest absolute Gasteiger partial charge is 0.477 e. The molecule has 0 aliphatic heterocycles. The second-order valence-electron chi connectivity index (χ2n) is 6.00. The molecule has 0 radical (unpaired) electrons. The first kappa shape index (κ1) is 15.1. The van der Waals surface area contributed by atoms with Crippen LogP contribution in [0.25, 0.3) is 10.9 Å². The molecule has 2 aromatic heterocycles. The predicted octanol–water partition coefficient (Wildman–Crippen LogP) is 4.08. The topological polar surface area (TPSA) is 59.9 Å². The van der Waals surface area contributed by atoms with Gasteiger partial charge in [-0.05, 0) is 42.5 Å². The molecule has 1 saturated carbocycles. The fourth-order valence-corrected chi connectivity index (χ4v) is 2.61. The highest BCUT2D eigenvalue weighted by molar-refractivity contribution is 6.31. The Hall–Kier alpha value is -2.40. The molecule has 4 rings (SSSR count). The van der Waals surface area contributed by atoms with E-state index in [1.165, 1.54) is 19.2 Å². The maximum absolute atomic E-state index is 6.01. The summed E-state index contributed by atoms with van der Waals surface area (Å²) in [5.74, 6) is 2.20. The Bertz CT molecular complexity index is 849. The van der Waals surface area contributed by atoms with Gasteiger partial charge in [0.25, 0.3) is 0 Å². The van der Waals surface area contributed by atoms with Crippen LogP contribution in [0.4, 0.5) is 5.82 Å². The Morgan fingerprint density at radius 2 is 2.04 bits per heavy atom. The summed E-state index contributed by atoms with van der Waals surface area (Å²) in [6.07, 6.45) is 5.92. The third-order valence-electron chi connectivity index (χ3n) is 4.02. The minimum Gasteiger partial charge on any atom is -0.477 e. The summed E-state index contributed by atoms with van der Waals surface area (Å²) in [6, 6.07) is 9.52. The van der Waals surface area contributed by atoms with Crippen molar-refractivity contribution in [3.8, 4) is 5.88 Å². The molecule has 122 valence electrons. The number of pyridine rings is 1. The van der Waals surface area contributed by atoms with E-state index in [9.17, 15) is 0 Å². The van der Waals surface area contributed by atoms with E-state index in [0.717, 1.165) is 34.8 Å². The second kappa shape index (κ2) is 6.61. The summed E-state index contributed by atoms with van der Waals surface area (Å²) in [4.78, 5) is 12.9. The van der Waals surface area contributed by atoms with Crippen LogP contribution in [0.1, 0.15) is 18.4 Å². The van der Waals surface area contributed by atoms with Gasteiger partial charge in [0.1, 0.15) is 12.1 Å². The lowest BCUT2D eigenvalue weighted by Gasteiger charge is -2.09. The van der Waals surface area contributed by atoms with Crippen molar-refractivity contribution in [2.24, 2.45) is 5.92 Å². The van der Waals surface area contributed by atoms with Crippen molar-refractivity contribution >= 4 is 28.3 Å².